The van der Waals surface area contributed by atoms with Crippen molar-refractivity contribution in [1.29, 1.82) is 0 Å². The Hall–Kier alpha value is -2.69. The van der Waals surface area contributed by atoms with E-state index in [1.54, 1.807) is 23.1 Å². The van der Waals surface area contributed by atoms with Gasteiger partial charge in [-0.1, -0.05) is 48.5 Å². The zero-order valence-electron chi connectivity index (χ0n) is 16.2. The molecule has 1 heterocycles. The van der Waals surface area contributed by atoms with E-state index in [0.29, 0.717) is 31.5 Å². The van der Waals surface area contributed by atoms with E-state index in [9.17, 15) is 14.0 Å². The van der Waals surface area contributed by atoms with Crippen LogP contribution in [0.25, 0.3) is 0 Å². The van der Waals surface area contributed by atoms with Crippen LogP contribution >= 0.6 is 0 Å². The molecule has 1 aliphatic rings. The van der Waals surface area contributed by atoms with Crippen LogP contribution in [0.2, 0.25) is 0 Å². The molecule has 0 saturated carbocycles. The molecule has 5 heteroatoms. The number of benzene rings is 2. The Balaban J connectivity index is 1.52. The number of nitrogens with one attached hydrogen (secondary N) is 1. The van der Waals surface area contributed by atoms with Gasteiger partial charge in [0.05, 0.1) is 12.3 Å². The third kappa shape index (κ3) is 5.41. The fraction of sp³-hybridized carbons (Fsp3) is 0.391. The molecule has 1 saturated heterocycles. The number of hydrogen-bond donors (Lipinski definition) is 1. The largest absolute Gasteiger partial charge is 0.353 e. The van der Waals surface area contributed by atoms with Crippen LogP contribution in [0.15, 0.2) is 54.6 Å². The minimum atomic E-state index is -0.251. The molecule has 2 aromatic rings. The van der Waals surface area contributed by atoms with Crippen molar-refractivity contribution in [2.45, 2.75) is 38.6 Å². The number of carbonyl (C=O) groups is 2. The van der Waals surface area contributed by atoms with Gasteiger partial charge in [-0.3, -0.25) is 9.59 Å². The van der Waals surface area contributed by atoms with Gasteiger partial charge in [0.1, 0.15) is 5.82 Å². The molecule has 0 aliphatic carbocycles. The van der Waals surface area contributed by atoms with E-state index in [1.807, 2.05) is 37.3 Å². The number of nitrogens with zero attached hydrogens (tertiary/aromatic N) is 1. The van der Waals surface area contributed by atoms with Crippen molar-refractivity contribution in [2.75, 3.05) is 13.1 Å². The SMILES string of the molecule is CC(Cc1ccccc1F)NC(=O)C1CCCN(C(=O)Cc2ccccc2)C1. The second-order valence-corrected chi connectivity index (χ2v) is 7.55. The third-order valence-electron chi connectivity index (χ3n) is 5.22. The van der Waals surface area contributed by atoms with Crippen molar-refractivity contribution in [3.8, 4) is 0 Å². The van der Waals surface area contributed by atoms with Gasteiger partial charge in [-0.05, 0) is 43.4 Å². The molecule has 1 aliphatic heterocycles. The second kappa shape index (κ2) is 9.49. The summed E-state index contributed by atoms with van der Waals surface area (Å²) in [6, 6.07) is 16.1. The number of hydrogen-bond acceptors (Lipinski definition) is 2. The average Bonchev–Trinajstić information content (AvgIpc) is 2.70. The molecule has 0 radical (unpaired) electrons. The van der Waals surface area contributed by atoms with Gasteiger partial charge in [-0.25, -0.2) is 4.39 Å². The molecule has 3 rings (SSSR count). The predicted octanol–water partition coefficient (Wildman–Crippen LogP) is 3.35. The van der Waals surface area contributed by atoms with Crippen LogP contribution in [0, 0.1) is 11.7 Å². The summed E-state index contributed by atoms with van der Waals surface area (Å²) in [5.74, 6) is -0.459. The Morgan fingerprint density at radius 1 is 1.14 bits per heavy atom. The normalized spacial score (nSPS) is 17.8. The summed E-state index contributed by atoms with van der Waals surface area (Å²) < 4.78 is 13.8. The number of piperidine rings is 1. The predicted molar refractivity (Wildman–Crippen MR) is 107 cm³/mol. The molecular weight excluding hydrogens is 355 g/mol. The summed E-state index contributed by atoms with van der Waals surface area (Å²) >= 11 is 0. The van der Waals surface area contributed by atoms with E-state index < -0.39 is 0 Å². The molecule has 0 spiro atoms. The van der Waals surface area contributed by atoms with Crippen LogP contribution in [0.4, 0.5) is 4.39 Å². The fourth-order valence-corrected chi connectivity index (χ4v) is 3.71. The van der Waals surface area contributed by atoms with Crippen molar-refractivity contribution in [2.24, 2.45) is 5.92 Å². The van der Waals surface area contributed by atoms with Gasteiger partial charge in [-0.15, -0.1) is 0 Å². The zero-order valence-corrected chi connectivity index (χ0v) is 16.2. The minimum Gasteiger partial charge on any atom is -0.353 e. The molecule has 4 nitrogen and oxygen atoms in total. The first-order valence-electron chi connectivity index (χ1n) is 9.88. The molecule has 1 N–H and O–H groups in total. The first kappa shape index (κ1) is 20.1. The average molecular weight is 382 g/mol. The van der Waals surface area contributed by atoms with E-state index in [2.05, 4.69) is 5.32 Å². The lowest BCUT2D eigenvalue weighted by atomic mass is 9.95. The molecule has 2 amide bonds. The second-order valence-electron chi connectivity index (χ2n) is 7.55. The van der Waals surface area contributed by atoms with Gasteiger partial charge >= 0.3 is 0 Å². The van der Waals surface area contributed by atoms with E-state index in [0.717, 1.165) is 18.4 Å². The van der Waals surface area contributed by atoms with Crippen LogP contribution < -0.4 is 5.32 Å². The number of likely N-dealkylation sites (tertiary alicyclic amines) is 1. The van der Waals surface area contributed by atoms with Gasteiger partial charge in [0.2, 0.25) is 11.8 Å². The van der Waals surface area contributed by atoms with Gasteiger partial charge in [0.25, 0.3) is 0 Å². The third-order valence-corrected chi connectivity index (χ3v) is 5.22. The monoisotopic (exact) mass is 382 g/mol. The number of amides is 2. The highest BCUT2D eigenvalue weighted by atomic mass is 19.1. The minimum absolute atomic E-state index is 0.0546. The highest BCUT2D eigenvalue weighted by molar-refractivity contribution is 5.82. The van der Waals surface area contributed by atoms with Crippen molar-refractivity contribution in [1.82, 2.24) is 10.2 Å². The maximum Gasteiger partial charge on any atom is 0.227 e. The van der Waals surface area contributed by atoms with E-state index in [1.165, 1.54) is 6.07 Å². The molecule has 2 aromatic carbocycles. The maximum atomic E-state index is 13.8. The van der Waals surface area contributed by atoms with Crippen molar-refractivity contribution < 1.29 is 14.0 Å². The molecule has 1 fully saturated rings. The summed E-state index contributed by atoms with van der Waals surface area (Å²) in [6.07, 6.45) is 2.40. The van der Waals surface area contributed by atoms with Crippen LogP contribution in [0.1, 0.15) is 30.9 Å². The highest BCUT2D eigenvalue weighted by Gasteiger charge is 2.29. The molecule has 0 bridgehead atoms. The summed E-state index contributed by atoms with van der Waals surface area (Å²) in [5.41, 5.74) is 1.58. The molecular formula is C23H27FN2O2. The van der Waals surface area contributed by atoms with Gasteiger partial charge in [-0.2, -0.15) is 0 Å². The van der Waals surface area contributed by atoms with Crippen LogP contribution in [-0.2, 0) is 22.4 Å². The van der Waals surface area contributed by atoms with Gasteiger partial charge < -0.3 is 10.2 Å². The maximum absolute atomic E-state index is 13.8. The Morgan fingerprint density at radius 2 is 1.86 bits per heavy atom. The Kier molecular flexibility index (Phi) is 6.80. The summed E-state index contributed by atoms with van der Waals surface area (Å²) in [7, 11) is 0. The van der Waals surface area contributed by atoms with E-state index >= 15 is 0 Å². The fourth-order valence-electron chi connectivity index (χ4n) is 3.71. The quantitative estimate of drug-likeness (QED) is 0.833. The molecule has 0 aromatic heterocycles. The van der Waals surface area contributed by atoms with Crippen molar-refractivity contribution in [3.63, 3.8) is 0 Å². The smallest absolute Gasteiger partial charge is 0.227 e. The van der Waals surface area contributed by atoms with Crippen LogP contribution in [0.5, 0.6) is 0 Å². The first-order valence-corrected chi connectivity index (χ1v) is 9.88. The Labute approximate surface area is 165 Å². The van der Waals surface area contributed by atoms with Crippen LogP contribution in [0.3, 0.4) is 0 Å². The number of rotatable bonds is 6. The molecule has 148 valence electrons. The van der Waals surface area contributed by atoms with E-state index in [-0.39, 0.29) is 29.6 Å². The first-order chi connectivity index (χ1) is 13.5. The standard InChI is InChI=1S/C23H27FN2O2/c1-17(14-19-10-5-6-12-21(19)24)25-23(28)20-11-7-13-26(16-20)22(27)15-18-8-3-2-4-9-18/h2-6,8-10,12,17,20H,7,11,13-16H2,1H3,(H,25,28). The number of carbonyl (C=O) groups excluding carboxylic acids is 2. The molecule has 2 atom stereocenters. The van der Waals surface area contributed by atoms with Crippen LogP contribution in [-0.4, -0.2) is 35.8 Å². The lowest BCUT2D eigenvalue weighted by Gasteiger charge is -2.32. The zero-order chi connectivity index (χ0) is 19.9. The van der Waals surface area contributed by atoms with Crippen molar-refractivity contribution in [3.05, 3.63) is 71.5 Å². The number of halogens is 1. The summed E-state index contributed by atoms with van der Waals surface area (Å²) in [4.78, 5) is 27.1. The lowest BCUT2D eigenvalue weighted by molar-refractivity contribution is -0.135. The Morgan fingerprint density at radius 3 is 2.61 bits per heavy atom. The van der Waals surface area contributed by atoms with Crippen molar-refractivity contribution >= 4 is 11.8 Å². The lowest BCUT2D eigenvalue weighted by Crippen LogP contribution is -2.47. The molecule has 2 unspecified atom stereocenters. The topological polar surface area (TPSA) is 49.4 Å². The van der Waals surface area contributed by atoms with Gasteiger partial charge in [0.15, 0.2) is 0 Å². The summed E-state index contributed by atoms with van der Waals surface area (Å²) in [5, 5.41) is 2.99. The van der Waals surface area contributed by atoms with E-state index in [4.69, 9.17) is 0 Å². The molecule has 28 heavy (non-hydrogen) atoms. The van der Waals surface area contributed by atoms with Gasteiger partial charge in [0, 0.05) is 19.1 Å². The highest BCUT2D eigenvalue weighted by Crippen LogP contribution is 2.18. The summed E-state index contributed by atoms with van der Waals surface area (Å²) in [6.45, 7) is 3.02. The Bertz CT molecular complexity index is 809.